The van der Waals surface area contributed by atoms with E-state index in [4.69, 9.17) is 0 Å². The number of benzene rings is 2. The molecule has 1 atom stereocenters. The fourth-order valence-corrected chi connectivity index (χ4v) is 4.85. The third-order valence-electron chi connectivity index (χ3n) is 6.28. The van der Waals surface area contributed by atoms with Gasteiger partial charge in [0.2, 0.25) is 0 Å². The van der Waals surface area contributed by atoms with Crippen molar-refractivity contribution in [3.63, 3.8) is 0 Å². The first-order valence-corrected chi connectivity index (χ1v) is 10.5. The molecule has 138 valence electrons. The van der Waals surface area contributed by atoms with Gasteiger partial charge in [-0.2, -0.15) is 0 Å². The van der Waals surface area contributed by atoms with Crippen LogP contribution >= 0.6 is 0 Å². The first-order valence-electron chi connectivity index (χ1n) is 10.5. The summed E-state index contributed by atoms with van der Waals surface area (Å²) in [5.41, 5.74) is 2.91. The molecule has 0 aromatic heterocycles. The number of likely N-dealkylation sites (tertiary alicyclic amines) is 2. The number of nitrogens with zero attached hydrogens (tertiary/aromatic N) is 2. The Bertz CT molecular complexity index is 609. The van der Waals surface area contributed by atoms with Crippen LogP contribution in [-0.2, 0) is 0 Å². The van der Waals surface area contributed by atoms with E-state index in [0.29, 0.717) is 5.92 Å². The van der Waals surface area contributed by atoms with Crippen LogP contribution < -0.4 is 0 Å². The molecule has 2 heteroatoms. The van der Waals surface area contributed by atoms with Crippen molar-refractivity contribution < 1.29 is 0 Å². The van der Waals surface area contributed by atoms with E-state index in [1.165, 1.54) is 76.0 Å². The van der Waals surface area contributed by atoms with Crippen LogP contribution in [0.2, 0.25) is 0 Å². The van der Waals surface area contributed by atoms with E-state index in [-0.39, 0.29) is 0 Å². The molecular formula is C24H32N2. The molecule has 0 radical (unpaired) electrons. The van der Waals surface area contributed by atoms with Crippen molar-refractivity contribution in [2.45, 2.75) is 44.1 Å². The van der Waals surface area contributed by atoms with Gasteiger partial charge in [0, 0.05) is 18.5 Å². The molecule has 26 heavy (non-hydrogen) atoms. The zero-order valence-corrected chi connectivity index (χ0v) is 15.9. The summed E-state index contributed by atoms with van der Waals surface area (Å²) in [5.74, 6) is 0.505. The summed E-state index contributed by atoms with van der Waals surface area (Å²) in [6.45, 7) is 6.44. The zero-order valence-electron chi connectivity index (χ0n) is 15.9. The molecule has 4 rings (SSSR count). The number of hydrogen-bond donors (Lipinski definition) is 0. The summed E-state index contributed by atoms with van der Waals surface area (Å²) in [6.07, 6.45) is 6.77. The van der Waals surface area contributed by atoms with Crippen LogP contribution in [0.3, 0.4) is 0 Å². The van der Waals surface area contributed by atoms with Gasteiger partial charge < -0.3 is 4.90 Å². The molecule has 2 saturated heterocycles. The fourth-order valence-electron chi connectivity index (χ4n) is 4.85. The molecule has 0 saturated carbocycles. The summed E-state index contributed by atoms with van der Waals surface area (Å²) < 4.78 is 0. The lowest BCUT2D eigenvalue weighted by Crippen LogP contribution is -2.40. The predicted octanol–water partition coefficient (Wildman–Crippen LogP) is 4.77. The van der Waals surface area contributed by atoms with E-state index >= 15 is 0 Å². The van der Waals surface area contributed by atoms with Crippen LogP contribution in [0.15, 0.2) is 60.7 Å². The van der Waals surface area contributed by atoms with Crippen molar-refractivity contribution in [3.05, 3.63) is 71.8 Å². The summed E-state index contributed by atoms with van der Waals surface area (Å²) in [6, 6.07) is 22.9. The molecule has 0 N–H and O–H groups in total. The third-order valence-corrected chi connectivity index (χ3v) is 6.28. The van der Waals surface area contributed by atoms with Gasteiger partial charge in [-0.1, -0.05) is 60.7 Å². The van der Waals surface area contributed by atoms with Gasteiger partial charge >= 0.3 is 0 Å². The Morgan fingerprint density at radius 1 is 0.769 bits per heavy atom. The molecule has 0 bridgehead atoms. The lowest BCUT2D eigenvalue weighted by molar-refractivity contribution is 0.188. The molecule has 2 heterocycles. The molecule has 2 fully saturated rings. The van der Waals surface area contributed by atoms with Crippen LogP contribution in [0.25, 0.3) is 0 Å². The number of hydrogen-bond acceptors (Lipinski definition) is 2. The highest BCUT2D eigenvalue weighted by molar-refractivity contribution is 5.32. The van der Waals surface area contributed by atoms with E-state index in [9.17, 15) is 0 Å². The lowest BCUT2D eigenvalue weighted by Gasteiger charge is -2.30. The normalized spacial score (nSPS) is 21.7. The van der Waals surface area contributed by atoms with Crippen molar-refractivity contribution in [2.24, 2.45) is 0 Å². The average Bonchev–Trinajstić information content (AvgIpc) is 3.36. The first kappa shape index (κ1) is 17.8. The van der Waals surface area contributed by atoms with Crippen molar-refractivity contribution in [1.82, 2.24) is 9.80 Å². The first-order chi connectivity index (χ1) is 12.9. The quantitative estimate of drug-likeness (QED) is 0.711. The highest BCUT2D eigenvalue weighted by atomic mass is 15.2. The summed E-state index contributed by atoms with van der Waals surface area (Å²) >= 11 is 0. The van der Waals surface area contributed by atoms with Gasteiger partial charge in [-0.05, 0) is 69.4 Å². The van der Waals surface area contributed by atoms with Crippen LogP contribution in [-0.4, -0.2) is 48.6 Å². The maximum absolute atomic E-state index is 2.78. The topological polar surface area (TPSA) is 6.48 Å². The molecule has 0 amide bonds. The lowest BCUT2D eigenvalue weighted by atomic mass is 9.88. The summed E-state index contributed by atoms with van der Waals surface area (Å²) in [7, 11) is 0. The minimum absolute atomic E-state index is 0.505. The minimum Gasteiger partial charge on any atom is -0.302 e. The van der Waals surface area contributed by atoms with Crippen LogP contribution in [0.5, 0.6) is 0 Å². The minimum atomic E-state index is 0.505. The van der Waals surface area contributed by atoms with Crippen LogP contribution in [0.1, 0.15) is 49.1 Å². The average molecular weight is 349 g/mol. The van der Waals surface area contributed by atoms with Crippen LogP contribution in [0.4, 0.5) is 0 Å². The van der Waals surface area contributed by atoms with Crippen molar-refractivity contribution in [1.29, 1.82) is 0 Å². The van der Waals surface area contributed by atoms with Gasteiger partial charge in [0.1, 0.15) is 0 Å². The van der Waals surface area contributed by atoms with E-state index in [0.717, 1.165) is 6.04 Å². The third kappa shape index (κ3) is 4.36. The van der Waals surface area contributed by atoms with Gasteiger partial charge in [-0.15, -0.1) is 0 Å². The Balaban J connectivity index is 1.42. The van der Waals surface area contributed by atoms with Crippen molar-refractivity contribution in [3.8, 4) is 0 Å². The summed E-state index contributed by atoms with van der Waals surface area (Å²) in [5, 5.41) is 0. The predicted molar refractivity (Wildman–Crippen MR) is 110 cm³/mol. The van der Waals surface area contributed by atoms with Crippen molar-refractivity contribution >= 4 is 0 Å². The Morgan fingerprint density at radius 2 is 1.38 bits per heavy atom. The second-order valence-electron chi connectivity index (χ2n) is 8.00. The van der Waals surface area contributed by atoms with E-state index in [1.54, 1.807) is 0 Å². The maximum Gasteiger partial charge on any atom is 0.0223 e. The molecule has 2 aliphatic rings. The maximum atomic E-state index is 2.78. The Labute approximate surface area is 158 Å². The zero-order chi connectivity index (χ0) is 17.6. The van der Waals surface area contributed by atoms with Gasteiger partial charge in [-0.25, -0.2) is 0 Å². The van der Waals surface area contributed by atoms with Gasteiger partial charge in [0.15, 0.2) is 0 Å². The van der Waals surface area contributed by atoms with Gasteiger partial charge in [0.25, 0.3) is 0 Å². The molecule has 0 unspecified atom stereocenters. The van der Waals surface area contributed by atoms with Crippen molar-refractivity contribution in [2.75, 3.05) is 32.7 Å². The molecule has 2 nitrogen and oxygen atoms in total. The SMILES string of the molecule is c1ccc(C(CCN2CCC[C@@H]2CN2CCCC2)c2ccccc2)cc1. The molecule has 2 aliphatic heterocycles. The summed E-state index contributed by atoms with van der Waals surface area (Å²) in [4.78, 5) is 5.46. The molecule has 2 aromatic rings. The van der Waals surface area contributed by atoms with Crippen LogP contribution in [0, 0.1) is 0 Å². The second-order valence-corrected chi connectivity index (χ2v) is 8.00. The Kier molecular flexibility index (Phi) is 6.03. The standard InChI is InChI=1S/C24H32N2/c1-3-10-21(11-4-1)24(22-12-5-2-6-13-22)15-19-26-18-9-14-23(26)20-25-16-7-8-17-25/h1-6,10-13,23-24H,7-9,14-20H2/t23-/m1/s1. The highest BCUT2D eigenvalue weighted by Gasteiger charge is 2.28. The fraction of sp³-hybridized carbons (Fsp3) is 0.500. The Hall–Kier alpha value is -1.64. The monoisotopic (exact) mass is 348 g/mol. The second kappa shape index (κ2) is 8.83. The largest absolute Gasteiger partial charge is 0.302 e. The van der Waals surface area contributed by atoms with Gasteiger partial charge in [0.05, 0.1) is 0 Å². The Morgan fingerprint density at radius 3 is 2.00 bits per heavy atom. The van der Waals surface area contributed by atoms with E-state index in [2.05, 4.69) is 70.5 Å². The van der Waals surface area contributed by atoms with E-state index < -0.39 is 0 Å². The highest BCUT2D eigenvalue weighted by Crippen LogP contribution is 2.30. The molecule has 0 aliphatic carbocycles. The molecule has 0 spiro atoms. The number of rotatable bonds is 7. The molecular weight excluding hydrogens is 316 g/mol. The smallest absolute Gasteiger partial charge is 0.0223 e. The molecule has 2 aromatic carbocycles. The van der Waals surface area contributed by atoms with Gasteiger partial charge in [-0.3, -0.25) is 4.90 Å². The van der Waals surface area contributed by atoms with E-state index in [1.807, 2.05) is 0 Å².